The van der Waals surface area contributed by atoms with E-state index in [9.17, 15) is 10.1 Å². The van der Waals surface area contributed by atoms with Gasteiger partial charge >= 0.3 is 0 Å². The second-order valence-corrected chi connectivity index (χ2v) is 9.32. The number of aromatic nitrogens is 4. The molecular weight excluding hydrogens is 472 g/mol. The maximum Gasteiger partial charge on any atom is 0.294 e. The molecule has 0 fully saturated rings. The van der Waals surface area contributed by atoms with Crippen molar-refractivity contribution in [3.8, 4) is 17.1 Å². The zero-order valence-corrected chi connectivity index (χ0v) is 22.0. The highest BCUT2D eigenvalue weighted by Gasteiger charge is 2.23. The fourth-order valence-electron chi connectivity index (χ4n) is 4.09. The van der Waals surface area contributed by atoms with Crippen molar-refractivity contribution >= 4 is 33.9 Å². The summed E-state index contributed by atoms with van der Waals surface area (Å²) in [5.74, 6) is 0.725. The van der Waals surface area contributed by atoms with E-state index in [0.717, 1.165) is 23.1 Å². The molecule has 37 heavy (non-hydrogen) atoms. The van der Waals surface area contributed by atoms with E-state index in [-0.39, 0.29) is 17.7 Å². The van der Waals surface area contributed by atoms with Crippen molar-refractivity contribution in [2.45, 2.75) is 19.9 Å². The summed E-state index contributed by atoms with van der Waals surface area (Å²) in [6.07, 6.45) is 1.64. The summed E-state index contributed by atoms with van der Waals surface area (Å²) < 4.78 is 7.55. The summed E-state index contributed by atoms with van der Waals surface area (Å²) in [5.41, 5.74) is 3.23. The van der Waals surface area contributed by atoms with Gasteiger partial charge in [0.1, 0.15) is 17.1 Å². The molecule has 2 aromatic carbocycles. The quantitative estimate of drug-likeness (QED) is 0.242. The minimum atomic E-state index is -0.395. The summed E-state index contributed by atoms with van der Waals surface area (Å²) >= 11 is 0. The van der Waals surface area contributed by atoms with Gasteiger partial charge in [0, 0.05) is 49.9 Å². The van der Waals surface area contributed by atoms with Crippen molar-refractivity contribution in [1.29, 1.82) is 0 Å². The molecule has 4 aromatic rings. The van der Waals surface area contributed by atoms with Crippen LogP contribution in [0.2, 0.25) is 0 Å². The second kappa shape index (κ2) is 10.8. The predicted octanol–water partition coefficient (Wildman–Crippen LogP) is 4.73. The van der Waals surface area contributed by atoms with Gasteiger partial charge in [-0.05, 0) is 40.1 Å². The number of nitrogens with zero attached hydrogens (tertiary/aromatic N) is 7. The van der Waals surface area contributed by atoms with Crippen LogP contribution in [0.4, 0.5) is 23.0 Å². The van der Waals surface area contributed by atoms with Gasteiger partial charge in [-0.15, -0.1) is 0 Å². The van der Waals surface area contributed by atoms with Crippen LogP contribution in [0.3, 0.4) is 0 Å². The smallest absolute Gasteiger partial charge is 0.294 e. The largest absolute Gasteiger partial charge is 0.494 e. The molecule has 0 saturated carbocycles. The van der Waals surface area contributed by atoms with Gasteiger partial charge in [-0.2, -0.15) is 5.10 Å². The average molecular weight is 505 g/mol. The number of likely N-dealkylation sites (N-methyl/N-ethyl adjacent to an activating group) is 2. The SMILES string of the molecule is COc1cc(N(C)CCN(C)C)c([N+](=O)[O-])cc1Nc1nccc(-c2nn(C(C)C)c3ccccc23)n1. The van der Waals surface area contributed by atoms with Crippen LogP contribution in [0.15, 0.2) is 48.7 Å². The zero-order chi connectivity index (χ0) is 26.7. The fraction of sp³-hybridized carbons (Fsp3) is 0.346. The predicted molar refractivity (Wildman–Crippen MR) is 146 cm³/mol. The Balaban J connectivity index is 1.71. The number of anilines is 3. The van der Waals surface area contributed by atoms with Crippen LogP contribution in [0.25, 0.3) is 22.3 Å². The van der Waals surface area contributed by atoms with Crippen molar-refractivity contribution < 1.29 is 9.66 Å². The topological polar surface area (TPSA) is 114 Å². The van der Waals surface area contributed by atoms with Crippen LogP contribution < -0.4 is 15.0 Å². The zero-order valence-electron chi connectivity index (χ0n) is 22.0. The number of nitrogens with one attached hydrogen (secondary N) is 1. The van der Waals surface area contributed by atoms with Crippen molar-refractivity contribution in [1.82, 2.24) is 24.6 Å². The van der Waals surface area contributed by atoms with Crippen molar-refractivity contribution in [2.75, 3.05) is 51.6 Å². The van der Waals surface area contributed by atoms with Crippen molar-refractivity contribution in [3.63, 3.8) is 0 Å². The van der Waals surface area contributed by atoms with E-state index in [1.54, 1.807) is 18.3 Å². The van der Waals surface area contributed by atoms with Crippen LogP contribution >= 0.6 is 0 Å². The molecule has 0 atom stereocenters. The third kappa shape index (κ3) is 5.46. The molecule has 0 aliphatic carbocycles. The summed E-state index contributed by atoms with van der Waals surface area (Å²) in [5, 5.41) is 20.9. The first-order chi connectivity index (χ1) is 17.7. The lowest BCUT2D eigenvalue weighted by atomic mass is 10.1. The molecule has 0 aliphatic rings. The lowest BCUT2D eigenvalue weighted by molar-refractivity contribution is -0.384. The normalized spacial score (nSPS) is 11.4. The molecule has 0 saturated heterocycles. The van der Waals surface area contributed by atoms with Crippen LogP contribution in [-0.4, -0.2) is 70.9 Å². The maximum absolute atomic E-state index is 11.9. The van der Waals surface area contributed by atoms with E-state index in [1.165, 1.54) is 13.2 Å². The number of hydrogen-bond donors (Lipinski definition) is 1. The summed E-state index contributed by atoms with van der Waals surface area (Å²) in [6.45, 7) is 5.53. The summed E-state index contributed by atoms with van der Waals surface area (Å²) in [4.78, 5) is 24.4. The number of hydrogen-bond acceptors (Lipinski definition) is 9. The summed E-state index contributed by atoms with van der Waals surface area (Å²) in [6, 6.07) is 13.1. The molecular formula is C26H32N8O3. The Morgan fingerprint density at radius 1 is 1.14 bits per heavy atom. The standard InChI is InChI=1S/C26H32N8O3/c1-17(2)33-21-10-8-7-9-18(21)25(30-33)19-11-12-27-26(28-19)29-20-15-23(34(35)36)22(16-24(20)37-6)32(5)14-13-31(3)4/h7-12,15-17H,13-14H2,1-6H3,(H,27,28,29). The Bertz CT molecular complexity index is 1420. The molecule has 11 heteroatoms. The third-order valence-corrected chi connectivity index (χ3v) is 6.03. The minimum Gasteiger partial charge on any atom is -0.494 e. The number of fused-ring (bicyclic) bond motifs is 1. The number of methoxy groups -OCH3 is 1. The van der Waals surface area contributed by atoms with Gasteiger partial charge in [-0.25, -0.2) is 9.97 Å². The van der Waals surface area contributed by atoms with E-state index >= 15 is 0 Å². The van der Waals surface area contributed by atoms with E-state index in [1.807, 2.05) is 59.9 Å². The third-order valence-electron chi connectivity index (χ3n) is 6.03. The maximum atomic E-state index is 11.9. The number of ether oxygens (including phenoxy) is 1. The molecule has 194 valence electrons. The Morgan fingerprint density at radius 3 is 2.57 bits per heavy atom. The molecule has 2 aromatic heterocycles. The first kappa shape index (κ1) is 25.8. The van der Waals surface area contributed by atoms with Crippen molar-refractivity contribution in [3.05, 3.63) is 58.8 Å². The van der Waals surface area contributed by atoms with Gasteiger partial charge in [0.25, 0.3) is 5.69 Å². The van der Waals surface area contributed by atoms with Gasteiger partial charge < -0.3 is 19.9 Å². The molecule has 0 aliphatic heterocycles. The molecule has 11 nitrogen and oxygen atoms in total. The highest BCUT2D eigenvalue weighted by atomic mass is 16.6. The Labute approximate surface area is 215 Å². The first-order valence-corrected chi connectivity index (χ1v) is 12.0. The molecule has 0 bridgehead atoms. The van der Waals surface area contributed by atoms with E-state index in [0.29, 0.717) is 29.4 Å². The van der Waals surface area contributed by atoms with Crippen LogP contribution in [0.5, 0.6) is 5.75 Å². The van der Waals surface area contributed by atoms with E-state index in [4.69, 9.17) is 9.84 Å². The number of benzene rings is 2. The summed E-state index contributed by atoms with van der Waals surface area (Å²) in [7, 11) is 7.27. The highest BCUT2D eigenvalue weighted by molar-refractivity contribution is 5.92. The van der Waals surface area contributed by atoms with Crippen molar-refractivity contribution in [2.24, 2.45) is 0 Å². The molecule has 0 spiro atoms. The van der Waals surface area contributed by atoms with E-state index in [2.05, 4.69) is 29.1 Å². The van der Waals surface area contributed by atoms with Crippen LogP contribution in [0.1, 0.15) is 19.9 Å². The molecule has 0 radical (unpaired) electrons. The molecule has 4 rings (SSSR count). The highest BCUT2D eigenvalue weighted by Crippen LogP contribution is 2.39. The number of para-hydroxylation sites is 1. The van der Waals surface area contributed by atoms with Gasteiger partial charge in [0.15, 0.2) is 0 Å². The van der Waals surface area contributed by atoms with E-state index < -0.39 is 4.92 Å². The monoisotopic (exact) mass is 504 g/mol. The minimum absolute atomic E-state index is 0.0395. The van der Waals surface area contributed by atoms with Gasteiger partial charge in [-0.1, -0.05) is 18.2 Å². The lowest BCUT2D eigenvalue weighted by Crippen LogP contribution is -2.28. The Morgan fingerprint density at radius 2 is 1.89 bits per heavy atom. The Hall–Kier alpha value is -4.25. The Kier molecular flexibility index (Phi) is 7.53. The second-order valence-electron chi connectivity index (χ2n) is 9.32. The molecule has 2 heterocycles. The number of nitro groups is 1. The van der Waals surface area contributed by atoms with Crippen LogP contribution in [0, 0.1) is 10.1 Å². The van der Waals surface area contributed by atoms with Crippen LogP contribution in [-0.2, 0) is 0 Å². The molecule has 0 amide bonds. The average Bonchev–Trinajstić information content (AvgIpc) is 3.27. The number of rotatable bonds is 10. The van der Waals surface area contributed by atoms with Gasteiger partial charge in [0.2, 0.25) is 5.95 Å². The molecule has 1 N–H and O–H groups in total. The molecule has 0 unspecified atom stereocenters. The first-order valence-electron chi connectivity index (χ1n) is 12.0. The van der Waals surface area contributed by atoms with Gasteiger partial charge in [-0.3, -0.25) is 14.8 Å². The number of nitro benzene ring substituents is 1. The van der Waals surface area contributed by atoms with Gasteiger partial charge in [0.05, 0.1) is 28.9 Å². The fourth-order valence-corrected chi connectivity index (χ4v) is 4.09. The lowest BCUT2D eigenvalue weighted by Gasteiger charge is -2.22.